The number of hydrogen-bond acceptors (Lipinski definition) is 2. The quantitative estimate of drug-likeness (QED) is 0.691. The standard InChI is InChI=1S/C8H7NO2/c1-2-6-5-9-4-3-7(6)8(10)11/h2-5H,1H2,(H,10,11). The molecular weight excluding hydrogens is 142 g/mol. The van der Waals surface area contributed by atoms with E-state index in [-0.39, 0.29) is 5.56 Å². The van der Waals surface area contributed by atoms with Crippen LogP contribution in [0.3, 0.4) is 0 Å². The average molecular weight is 149 g/mol. The van der Waals surface area contributed by atoms with E-state index in [9.17, 15) is 4.79 Å². The highest BCUT2D eigenvalue weighted by Crippen LogP contribution is 2.07. The maximum Gasteiger partial charge on any atom is 0.336 e. The van der Waals surface area contributed by atoms with Crippen LogP contribution in [0.4, 0.5) is 0 Å². The molecule has 0 spiro atoms. The Morgan fingerprint density at radius 2 is 2.45 bits per heavy atom. The topological polar surface area (TPSA) is 50.2 Å². The molecule has 0 fully saturated rings. The summed E-state index contributed by atoms with van der Waals surface area (Å²) in [6.45, 7) is 3.47. The third-order valence-corrected chi connectivity index (χ3v) is 1.30. The highest BCUT2D eigenvalue weighted by molar-refractivity contribution is 5.91. The second-order valence-electron chi connectivity index (χ2n) is 1.97. The maximum absolute atomic E-state index is 10.5. The first-order chi connectivity index (χ1) is 5.25. The van der Waals surface area contributed by atoms with Crippen molar-refractivity contribution in [2.45, 2.75) is 0 Å². The maximum atomic E-state index is 10.5. The number of hydrogen-bond donors (Lipinski definition) is 1. The second-order valence-corrected chi connectivity index (χ2v) is 1.97. The zero-order valence-corrected chi connectivity index (χ0v) is 5.82. The van der Waals surface area contributed by atoms with E-state index in [1.165, 1.54) is 24.5 Å². The molecule has 0 radical (unpaired) electrons. The molecule has 0 saturated heterocycles. The van der Waals surface area contributed by atoms with Crippen molar-refractivity contribution in [3.8, 4) is 0 Å². The van der Waals surface area contributed by atoms with Crippen LogP contribution in [0.25, 0.3) is 6.08 Å². The Hall–Kier alpha value is -1.64. The lowest BCUT2D eigenvalue weighted by molar-refractivity contribution is 0.0696. The molecule has 1 aromatic heterocycles. The number of aromatic nitrogens is 1. The number of carboxylic acids is 1. The number of rotatable bonds is 2. The molecule has 3 nitrogen and oxygen atoms in total. The first kappa shape index (κ1) is 7.47. The van der Waals surface area contributed by atoms with E-state index in [1.54, 1.807) is 0 Å². The molecule has 0 unspecified atom stereocenters. The van der Waals surface area contributed by atoms with Gasteiger partial charge in [-0.15, -0.1) is 0 Å². The van der Waals surface area contributed by atoms with E-state index in [2.05, 4.69) is 11.6 Å². The first-order valence-corrected chi connectivity index (χ1v) is 3.05. The fraction of sp³-hybridized carbons (Fsp3) is 0. The Morgan fingerprint density at radius 3 is 2.91 bits per heavy atom. The molecule has 1 heterocycles. The van der Waals surface area contributed by atoms with Crippen LogP contribution in [0.1, 0.15) is 15.9 Å². The monoisotopic (exact) mass is 149 g/mol. The van der Waals surface area contributed by atoms with E-state index >= 15 is 0 Å². The molecule has 0 aliphatic heterocycles. The van der Waals surface area contributed by atoms with Gasteiger partial charge in [0.25, 0.3) is 0 Å². The number of aromatic carboxylic acids is 1. The number of carboxylic acid groups (broad SMARTS) is 1. The van der Waals surface area contributed by atoms with Crippen LogP contribution in [0.15, 0.2) is 25.0 Å². The summed E-state index contributed by atoms with van der Waals surface area (Å²) in [5.74, 6) is -0.956. The zero-order valence-electron chi connectivity index (χ0n) is 5.82. The molecule has 1 N–H and O–H groups in total. The lowest BCUT2D eigenvalue weighted by atomic mass is 10.1. The predicted octanol–water partition coefficient (Wildman–Crippen LogP) is 1.42. The van der Waals surface area contributed by atoms with Crippen LogP contribution in [0, 0.1) is 0 Å². The van der Waals surface area contributed by atoms with E-state index in [1.807, 2.05) is 0 Å². The van der Waals surface area contributed by atoms with Gasteiger partial charge in [-0.25, -0.2) is 4.79 Å². The van der Waals surface area contributed by atoms with Gasteiger partial charge in [0.05, 0.1) is 5.56 Å². The fourth-order valence-corrected chi connectivity index (χ4v) is 0.764. The minimum Gasteiger partial charge on any atom is -0.478 e. The van der Waals surface area contributed by atoms with Crippen molar-refractivity contribution in [1.29, 1.82) is 0 Å². The Labute approximate surface area is 64.0 Å². The molecule has 56 valence electrons. The van der Waals surface area contributed by atoms with Crippen LogP contribution in [-0.2, 0) is 0 Å². The molecule has 11 heavy (non-hydrogen) atoms. The molecule has 1 aromatic rings. The lowest BCUT2D eigenvalue weighted by Gasteiger charge is -1.96. The molecule has 1 rings (SSSR count). The van der Waals surface area contributed by atoms with Gasteiger partial charge in [-0.2, -0.15) is 0 Å². The summed E-state index contributed by atoms with van der Waals surface area (Å²) in [5, 5.41) is 8.62. The summed E-state index contributed by atoms with van der Waals surface area (Å²) in [5.41, 5.74) is 0.773. The Morgan fingerprint density at radius 1 is 1.73 bits per heavy atom. The van der Waals surface area contributed by atoms with Crippen LogP contribution in [0.5, 0.6) is 0 Å². The predicted molar refractivity (Wildman–Crippen MR) is 41.3 cm³/mol. The summed E-state index contributed by atoms with van der Waals surface area (Å²) in [4.78, 5) is 14.3. The van der Waals surface area contributed by atoms with E-state index < -0.39 is 5.97 Å². The number of carbonyl (C=O) groups is 1. The van der Waals surface area contributed by atoms with Gasteiger partial charge in [-0.1, -0.05) is 12.7 Å². The van der Waals surface area contributed by atoms with Crippen molar-refractivity contribution in [2.75, 3.05) is 0 Å². The summed E-state index contributed by atoms with van der Waals surface area (Å²) >= 11 is 0. The van der Waals surface area contributed by atoms with Gasteiger partial charge in [-0.05, 0) is 6.07 Å². The third-order valence-electron chi connectivity index (χ3n) is 1.30. The van der Waals surface area contributed by atoms with E-state index in [0.29, 0.717) is 5.56 Å². The molecular formula is C8H7NO2. The average Bonchev–Trinajstić information content (AvgIpc) is 2.04. The largest absolute Gasteiger partial charge is 0.478 e. The van der Waals surface area contributed by atoms with Gasteiger partial charge in [0, 0.05) is 18.0 Å². The van der Waals surface area contributed by atoms with E-state index in [4.69, 9.17) is 5.11 Å². The van der Waals surface area contributed by atoms with Crippen molar-refractivity contribution < 1.29 is 9.90 Å². The van der Waals surface area contributed by atoms with Crippen LogP contribution >= 0.6 is 0 Å². The van der Waals surface area contributed by atoms with Gasteiger partial charge < -0.3 is 5.11 Å². The van der Waals surface area contributed by atoms with Gasteiger partial charge in [-0.3, -0.25) is 4.98 Å². The first-order valence-electron chi connectivity index (χ1n) is 3.05. The Bertz CT molecular complexity index is 294. The molecule has 0 bridgehead atoms. The summed E-state index contributed by atoms with van der Waals surface area (Å²) < 4.78 is 0. The Kier molecular flexibility index (Phi) is 2.01. The summed E-state index contributed by atoms with van der Waals surface area (Å²) in [6.07, 6.45) is 4.38. The van der Waals surface area contributed by atoms with Crippen molar-refractivity contribution in [1.82, 2.24) is 4.98 Å². The van der Waals surface area contributed by atoms with Gasteiger partial charge in [0.15, 0.2) is 0 Å². The molecule has 0 aliphatic rings. The minimum absolute atomic E-state index is 0.231. The molecule has 0 atom stereocenters. The van der Waals surface area contributed by atoms with Crippen LogP contribution in [-0.4, -0.2) is 16.1 Å². The number of pyridine rings is 1. The van der Waals surface area contributed by atoms with Crippen molar-refractivity contribution >= 4 is 12.0 Å². The van der Waals surface area contributed by atoms with Gasteiger partial charge in [0.1, 0.15) is 0 Å². The zero-order chi connectivity index (χ0) is 8.27. The fourth-order valence-electron chi connectivity index (χ4n) is 0.764. The third kappa shape index (κ3) is 1.43. The van der Waals surface area contributed by atoms with Crippen molar-refractivity contribution in [3.63, 3.8) is 0 Å². The molecule has 0 aliphatic carbocycles. The molecule has 0 amide bonds. The highest BCUT2D eigenvalue weighted by atomic mass is 16.4. The Balaban J connectivity index is 3.22. The van der Waals surface area contributed by atoms with Gasteiger partial charge >= 0.3 is 5.97 Å². The molecule has 3 heteroatoms. The van der Waals surface area contributed by atoms with Gasteiger partial charge in [0.2, 0.25) is 0 Å². The molecule has 0 saturated carbocycles. The second kappa shape index (κ2) is 2.96. The van der Waals surface area contributed by atoms with Crippen LogP contribution in [0.2, 0.25) is 0 Å². The minimum atomic E-state index is -0.956. The summed E-state index contributed by atoms with van der Waals surface area (Å²) in [7, 11) is 0. The normalized spacial score (nSPS) is 9.09. The SMILES string of the molecule is C=Cc1cnccc1C(=O)O. The molecule has 0 aromatic carbocycles. The summed E-state index contributed by atoms with van der Waals surface area (Å²) in [6, 6.07) is 1.44. The van der Waals surface area contributed by atoms with Crippen molar-refractivity contribution in [2.24, 2.45) is 0 Å². The highest BCUT2D eigenvalue weighted by Gasteiger charge is 2.05. The smallest absolute Gasteiger partial charge is 0.336 e. The van der Waals surface area contributed by atoms with Crippen molar-refractivity contribution in [3.05, 3.63) is 36.2 Å². The number of nitrogens with zero attached hydrogens (tertiary/aromatic N) is 1. The van der Waals surface area contributed by atoms with E-state index in [0.717, 1.165) is 0 Å². The van der Waals surface area contributed by atoms with Crippen LogP contribution < -0.4 is 0 Å². The lowest BCUT2D eigenvalue weighted by Crippen LogP contribution is -1.99.